The van der Waals surface area contributed by atoms with Crippen LogP contribution in [0.5, 0.6) is 11.5 Å². The fourth-order valence-electron chi connectivity index (χ4n) is 4.59. The first-order valence-electron chi connectivity index (χ1n) is 13.7. The second-order valence-corrected chi connectivity index (χ2v) is 11.0. The predicted octanol–water partition coefficient (Wildman–Crippen LogP) is 4.85. The molecule has 42 heavy (non-hydrogen) atoms. The highest BCUT2D eigenvalue weighted by Gasteiger charge is 2.26. The highest BCUT2D eigenvalue weighted by Crippen LogP contribution is 2.25. The Morgan fingerprint density at radius 3 is 2.55 bits per heavy atom. The van der Waals surface area contributed by atoms with Crippen molar-refractivity contribution in [2.24, 2.45) is 0 Å². The topological polar surface area (TPSA) is 86.6 Å². The van der Waals surface area contributed by atoms with Gasteiger partial charge in [0.25, 0.3) is 0 Å². The van der Waals surface area contributed by atoms with E-state index in [0.29, 0.717) is 36.1 Å². The number of benzene rings is 2. The fraction of sp³-hybridized carbons (Fsp3) is 0.387. The normalized spacial score (nSPS) is 15.4. The van der Waals surface area contributed by atoms with Crippen molar-refractivity contribution in [3.63, 3.8) is 0 Å². The van der Waals surface area contributed by atoms with Crippen LogP contribution in [0, 0.1) is 23.5 Å². The van der Waals surface area contributed by atoms with Crippen molar-refractivity contribution in [2.75, 3.05) is 38.9 Å². The molecule has 0 radical (unpaired) electrons. The summed E-state index contributed by atoms with van der Waals surface area (Å²) < 4.78 is 46.3. The van der Waals surface area contributed by atoms with E-state index in [-0.39, 0.29) is 18.2 Å². The average molecular weight is 577 g/mol. The van der Waals surface area contributed by atoms with Gasteiger partial charge in [-0.1, -0.05) is 24.1 Å². The van der Waals surface area contributed by atoms with E-state index in [1.165, 1.54) is 12.4 Å². The first-order chi connectivity index (χ1) is 20.2. The zero-order valence-corrected chi connectivity index (χ0v) is 24.2. The quantitative estimate of drug-likeness (QED) is 0.283. The number of ether oxygens (including phenoxy) is 3. The number of imidazole rings is 1. The summed E-state index contributed by atoms with van der Waals surface area (Å²) in [5.41, 5.74) is 1.98. The van der Waals surface area contributed by atoms with Gasteiger partial charge in [-0.3, -0.25) is 9.47 Å². The number of rotatable bonds is 9. The third kappa shape index (κ3) is 7.13. The molecule has 0 spiro atoms. The minimum Gasteiger partial charge on any atom is -0.497 e. The summed E-state index contributed by atoms with van der Waals surface area (Å²) in [6.45, 7) is 8.63. The van der Waals surface area contributed by atoms with E-state index in [2.05, 4.69) is 32.0 Å². The molecule has 0 saturated carbocycles. The predicted molar refractivity (Wildman–Crippen MR) is 155 cm³/mol. The Kier molecular flexibility index (Phi) is 8.85. The Morgan fingerprint density at radius 1 is 1.07 bits per heavy atom. The van der Waals surface area contributed by atoms with Crippen LogP contribution in [-0.2, 0) is 11.3 Å². The van der Waals surface area contributed by atoms with Crippen molar-refractivity contribution in [2.45, 2.75) is 45.4 Å². The lowest BCUT2D eigenvalue weighted by Gasteiger charge is -2.24. The molecular weight excluding hydrogens is 542 g/mol. The van der Waals surface area contributed by atoms with Crippen LogP contribution >= 0.6 is 0 Å². The van der Waals surface area contributed by atoms with E-state index in [0.717, 1.165) is 43.0 Å². The Morgan fingerprint density at radius 2 is 1.83 bits per heavy atom. The van der Waals surface area contributed by atoms with Gasteiger partial charge in [0.2, 0.25) is 0 Å². The summed E-state index contributed by atoms with van der Waals surface area (Å²) >= 11 is 0. The second kappa shape index (κ2) is 12.7. The van der Waals surface area contributed by atoms with Crippen LogP contribution in [-0.4, -0.2) is 69.6 Å². The van der Waals surface area contributed by atoms with Crippen molar-refractivity contribution >= 4 is 17.0 Å². The van der Waals surface area contributed by atoms with Crippen LogP contribution in [0.15, 0.2) is 48.8 Å². The number of hydrogen-bond acceptors (Lipinski definition) is 8. The Balaban J connectivity index is 1.40. The molecular formula is C31H34F2N6O3. The molecule has 1 saturated heterocycles. The summed E-state index contributed by atoms with van der Waals surface area (Å²) in [6.07, 6.45) is 2.44. The minimum absolute atomic E-state index is 0.164. The molecule has 1 aliphatic rings. The number of para-hydroxylation sites is 1. The molecule has 220 valence electrons. The molecule has 9 nitrogen and oxygen atoms in total. The summed E-state index contributed by atoms with van der Waals surface area (Å²) in [5, 5.41) is 3.53. The second-order valence-electron chi connectivity index (χ2n) is 11.0. The molecule has 11 heteroatoms. The summed E-state index contributed by atoms with van der Waals surface area (Å²) in [7, 11) is 1.62. The number of likely N-dealkylation sites (tertiary alicyclic amines) is 1. The number of nitrogens with zero attached hydrogens (tertiary/aromatic N) is 5. The maximum Gasteiger partial charge on any atom is 0.191 e. The Labute approximate surface area is 243 Å². The van der Waals surface area contributed by atoms with Gasteiger partial charge in [-0.2, -0.15) is 0 Å². The number of methoxy groups -OCH3 is 1. The van der Waals surface area contributed by atoms with Crippen LogP contribution in [0.25, 0.3) is 11.2 Å². The molecule has 1 N–H and O–H groups in total. The van der Waals surface area contributed by atoms with Crippen molar-refractivity contribution in [3.05, 3.63) is 71.8 Å². The molecule has 1 fully saturated rings. The molecule has 0 bridgehead atoms. The molecule has 3 heterocycles. The zero-order valence-electron chi connectivity index (χ0n) is 24.2. The van der Waals surface area contributed by atoms with Gasteiger partial charge in [0.1, 0.15) is 18.7 Å². The van der Waals surface area contributed by atoms with Gasteiger partial charge >= 0.3 is 0 Å². The summed E-state index contributed by atoms with van der Waals surface area (Å²) in [4.78, 5) is 16.1. The smallest absolute Gasteiger partial charge is 0.191 e. The number of anilines is 1. The van der Waals surface area contributed by atoms with E-state index in [4.69, 9.17) is 19.2 Å². The van der Waals surface area contributed by atoms with Crippen molar-refractivity contribution in [1.29, 1.82) is 0 Å². The number of hydrogen-bond donors (Lipinski definition) is 1. The Bertz CT molecular complexity index is 1570. The summed E-state index contributed by atoms with van der Waals surface area (Å²) in [5.74, 6) is 5.59. The van der Waals surface area contributed by atoms with Gasteiger partial charge in [0.15, 0.2) is 40.2 Å². The van der Waals surface area contributed by atoms with E-state index in [1.54, 1.807) is 7.11 Å². The van der Waals surface area contributed by atoms with Gasteiger partial charge in [-0.15, -0.1) is 0 Å². The number of aromatic nitrogens is 4. The standard InChI is InChI=1S/C31H34F2N6O3/c1-31(2,3)42-20-38-15-14-22(18-38)36-29-27-30(35-19-34-29)39(17-21-10-12-23(40-4)13-11-21)26(37-27)9-6-16-41-28-24(32)7-5-8-25(28)33/h5,7-8,10-13,19,22H,14-18,20H2,1-4H3,(H,34,35,36)/t22-/m1/s1. The first-order valence-corrected chi connectivity index (χ1v) is 13.7. The molecule has 0 unspecified atom stereocenters. The van der Waals surface area contributed by atoms with Gasteiger partial charge in [0.05, 0.1) is 26.0 Å². The van der Waals surface area contributed by atoms with E-state index in [9.17, 15) is 8.78 Å². The fourth-order valence-corrected chi connectivity index (χ4v) is 4.59. The van der Waals surface area contributed by atoms with Crippen molar-refractivity contribution in [1.82, 2.24) is 24.4 Å². The molecule has 1 atom stereocenters. The van der Waals surface area contributed by atoms with Crippen LogP contribution in [0.1, 0.15) is 38.6 Å². The lowest BCUT2D eigenvalue weighted by molar-refractivity contribution is -0.0568. The SMILES string of the molecule is COc1ccc(Cn2c(C#CCOc3c(F)cccc3F)nc3c(N[C@@H]4CCN(COC(C)(C)C)C4)ncnc32)cc1. The number of halogens is 2. The van der Waals surface area contributed by atoms with Crippen LogP contribution in [0.4, 0.5) is 14.6 Å². The largest absolute Gasteiger partial charge is 0.497 e. The van der Waals surface area contributed by atoms with Crippen LogP contribution in [0.2, 0.25) is 0 Å². The highest BCUT2D eigenvalue weighted by molar-refractivity contribution is 5.84. The maximum atomic E-state index is 14.0. The lowest BCUT2D eigenvalue weighted by atomic mass is 10.2. The third-order valence-electron chi connectivity index (χ3n) is 6.73. The van der Waals surface area contributed by atoms with Gasteiger partial charge in [-0.05, 0) is 62.9 Å². The van der Waals surface area contributed by atoms with Crippen LogP contribution in [0.3, 0.4) is 0 Å². The molecule has 4 aromatic rings. The van der Waals surface area contributed by atoms with Gasteiger partial charge < -0.3 is 19.5 Å². The van der Waals surface area contributed by atoms with Gasteiger partial charge in [-0.25, -0.2) is 23.7 Å². The lowest BCUT2D eigenvalue weighted by Crippen LogP contribution is -2.32. The third-order valence-corrected chi connectivity index (χ3v) is 6.73. The monoisotopic (exact) mass is 576 g/mol. The summed E-state index contributed by atoms with van der Waals surface area (Å²) in [6, 6.07) is 11.4. The van der Waals surface area contributed by atoms with Gasteiger partial charge in [0, 0.05) is 19.1 Å². The molecule has 1 aliphatic heterocycles. The molecule has 2 aromatic carbocycles. The molecule has 0 amide bonds. The molecule has 5 rings (SSSR count). The number of nitrogens with one attached hydrogen (secondary N) is 1. The molecule has 2 aromatic heterocycles. The van der Waals surface area contributed by atoms with E-state index < -0.39 is 17.4 Å². The van der Waals surface area contributed by atoms with Crippen LogP contribution < -0.4 is 14.8 Å². The van der Waals surface area contributed by atoms with Crippen molar-refractivity contribution < 1.29 is 23.0 Å². The van der Waals surface area contributed by atoms with E-state index >= 15 is 0 Å². The first kappa shape index (κ1) is 29.2. The zero-order chi connectivity index (χ0) is 29.7. The minimum atomic E-state index is -0.787. The highest BCUT2D eigenvalue weighted by atomic mass is 19.1. The van der Waals surface area contributed by atoms with E-state index in [1.807, 2.05) is 49.6 Å². The Hall–Kier alpha value is -4.27. The maximum absolute atomic E-state index is 14.0. The number of fused-ring (bicyclic) bond motifs is 1. The van der Waals surface area contributed by atoms with Crippen molar-refractivity contribution in [3.8, 4) is 23.3 Å². The molecule has 0 aliphatic carbocycles. The average Bonchev–Trinajstić information content (AvgIpc) is 3.56.